The molecule has 0 saturated heterocycles. The molecule has 0 spiro atoms. The Morgan fingerprint density at radius 1 is 0.793 bits per heavy atom. The van der Waals surface area contributed by atoms with Crippen LogP contribution in [0.25, 0.3) is 0 Å². The maximum absolute atomic E-state index is 11.5. The largest absolute Gasteiger partial charge is 0.417 e. The summed E-state index contributed by atoms with van der Waals surface area (Å²) in [6.07, 6.45) is 7.87. The zero-order chi connectivity index (χ0) is 21.8. The van der Waals surface area contributed by atoms with Gasteiger partial charge in [-0.3, -0.25) is 4.70 Å². The predicted molar refractivity (Wildman–Crippen MR) is 134 cm³/mol. The Labute approximate surface area is 182 Å². The van der Waals surface area contributed by atoms with Gasteiger partial charge in [-0.25, -0.2) is 0 Å². The molecule has 0 heterocycles. The van der Waals surface area contributed by atoms with Crippen molar-refractivity contribution in [2.24, 2.45) is 0 Å². The van der Waals surface area contributed by atoms with Gasteiger partial charge < -0.3 is 24.8 Å². The van der Waals surface area contributed by atoms with Crippen molar-refractivity contribution in [2.75, 3.05) is 52.2 Å². The number of rotatable bonds is 12. The normalized spacial score (nSPS) is 12.3. The van der Waals surface area contributed by atoms with Crippen LogP contribution in [0.5, 0.6) is 0 Å². The molecule has 0 unspecified atom stereocenters. The molecule has 9 heteroatoms. The third-order valence-electron chi connectivity index (χ3n) is 4.96. The second kappa shape index (κ2) is 17.1. The molecule has 4 N–H and O–H groups in total. The van der Waals surface area contributed by atoms with E-state index in [9.17, 15) is 9.13 Å². The Morgan fingerprint density at radius 3 is 1.48 bits per heavy atom. The van der Waals surface area contributed by atoms with Gasteiger partial charge in [0.1, 0.15) is 0 Å². The summed E-state index contributed by atoms with van der Waals surface area (Å²) in [5, 5.41) is 8.73. The van der Waals surface area contributed by atoms with E-state index in [-0.39, 0.29) is 17.5 Å². The molecule has 182 valence electrons. The van der Waals surface area contributed by atoms with Crippen molar-refractivity contribution in [3.05, 3.63) is 0 Å². The van der Waals surface area contributed by atoms with Gasteiger partial charge in [-0.05, 0) is 70.5 Å². The zero-order valence-electron chi connectivity index (χ0n) is 20.8. The number of hydrogen-bond acceptors (Lipinski definition) is 5. The third-order valence-corrected chi connectivity index (χ3v) is 12.3. The van der Waals surface area contributed by atoms with Crippen molar-refractivity contribution in [1.82, 2.24) is 6.15 Å². The molecule has 0 fully saturated rings. The first-order valence-electron chi connectivity index (χ1n) is 10.3. The van der Waals surface area contributed by atoms with E-state index in [0.29, 0.717) is 5.04 Å². The van der Waals surface area contributed by atoms with E-state index < -0.39 is 22.6 Å². The number of aliphatic hydroxyl groups excluding tert-OH is 1. The second-order valence-electron chi connectivity index (χ2n) is 10.0. The van der Waals surface area contributed by atoms with E-state index in [0.717, 1.165) is 57.5 Å². The van der Waals surface area contributed by atoms with Gasteiger partial charge in [0.05, 0.1) is 14.3 Å². The van der Waals surface area contributed by atoms with Crippen LogP contribution >= 0.6 is 14.3 Å². The van der Waals surface area contributed by atoms with Crippen LogP contribution in [0.3, 0.4) is 0 Å². The highest BCUT2D eigenvalue weighted by molar-refractivity contribution is 7.62. The van der Waals surface area contributed by atoms with E-state index in [2.05, 4.69) is 33.9 Å². The van der Waals surface area contributed by atoms with Crippen LogP contribution in [-0.4, -0.2) is 65.6 Å². The van der Waals surface area contributed by atoms with E-state index in [1.54, 1.807) is 0 Å². The molecule has 0 aromatic rings. The lowest BCUT2D eigenvalue weighted by molar-refractivity contribution is 0.278. The highest BCUT2D eigenvalue weighted by Gasteiger charge is 2.36. The second-order valence-corrected chi connectivity index (χ2v) is 22.0. The van der Waals surface area contributed by atoms with E-state index >= 15 is 0 Å². The van der Waals surface area contributed by atoms with Crippen molar-refractivity contribution in [1.29, 1.82) is 0 Å². The van der Waals surface area contributed by atoms with Gasteiger partial charge in [-0.1, -0.05) is 33.6 Å². The topological polar surface area (TPSA) is 98.6 Å². The van der Waals surface area contributed by atoms with Crippen molar-refractivity contribution < 1.29 is 23.4 Å². The minimum Gasteiger partial charge on any atom is -0.417 e. The monoisotopic (exact) mass is 479 g/mol. The molecule has 0 radical (unpaired) electrons. The fraction of sp³-hybridized carbons (Fsp3) is 1.00. The Bertz CT molecular complexity index is 474. The standard InChI is InChI=1S/C13H31O2PSi.C7H17O2P.FH.H3N/c1-13(2,3)17(6,7)15-11-9-8-10-12-16(4,5)14;1-10(2,9)7-5-3-4-6-8;;/h8-12H2,1-7H3;8H,3-7H2,1-2H3;1H;1H3. The molecule has 0 aromatic heterocycles. The zero-order valence-corrected chi connectivity index (χ0v) is 23.5. The Morgan fingerprint density at radius 2 is 1.17 bits per heavy atom. The summed E-state index contributed by atoms with van der Waals surface area (Å²) >= 11 is 0. The quantitative estimate of drug-likeness (QED) is 0.180. The first kappa shape index (κ1) is 36.8. The van der Waals surface area contributed by atoms with Crippen LogP contribution in [0, 0.1) is 0 Å². The van der Waals surface area contributed by atoms with Gasteiger partial charge in [0.2, 0.25) is 0 Å². The Balaban J connectivity index is -0.000000226. The maximum atomic E-state index is 11.5. The summed E-state index contributed by atoms with van der Waals surface area (Å²) in [6.45, 7) is 19.9. The van der Waals surface area contributed by atoms with Gasteiger partial charge in [0.15, 0.2) is 8.32 Å². The van der Waals surface area contributed by atoms with Crippen LogP contribution in [-0.2, 0) is 13.6 Å². The van der Waals surface area contributed by atoms with Crippen LogP contribution in [0.4, 0.5) is 4.70 Å². The van der Waals surface area contributed by atoms with Crippen LogP contribution in [0.1, 0.15) is 59.3 Å². The van der Waals surface area contributed by atoms with Crippen LogP contribution in [0.15, 0.2) is 0 Å². The first-order chi connectivity index (χ1) is 12.0. The van der Waals surface area contributed by atoms with E-state index in [1.165, 1.54) is 0 Å². The van der Waals surface area contributed by atoms with E-state index in [1.807, 2.05) is 26.7 Å². The average Bonchev–Trinajstić information content (AvgIpc) is 2.45. The maximum Gasteiger partial charge on any atom is 0.191 e. The minimum absolute atomic E-state index is 0. The number of hydrogen-bond donors (Lipinski definition) is 2. The lowest BCUT2D eigenvalue weighted by Crippen LogP contribution is -2.40. The van der Waals surface area contributed by atoms with Crippen LogP contribution < -0.4 is 6.15 Å². The number of halogens is 1. The lowest BCUT2D eigenvalue weighted by atomic mass is 10.2. The van der Waals surface area contributed by atoms with Crippen molar-refractivity contribution in [2.45, 2.75) is 77.4 Å². The molecule has 0 bridgehead atoms. The van der Waals surface area contributed by atoms with E-state index in [4.69, 9.17) is 9.53 Å². The SMILES string of the molecule is CC(C)(C)[Si](C)(C)OCCCCCP(C)(C)=O.CP(C)(=O)CCCCCO.F.N. The molecular weight excluding hydrogens is 427 g/mol. The molecular formula is C20H52FNO4P2Si. The molecule has 0 aliphatic rings. The van der Waals surface area contributed by atoms with Crippen molar-refractivity contribution in [3.63, 3.8) is 0 Å². The molecule has 0 aliphatic carbocycles. The van der Waals surface area contributed by atoms with Crippen LogP contribution in [0.2, 0.25) is 18.1 Å². The Kier molecular flexibility index (Phi) is 21.7. The predicted octanol–water partition coefficient (Wildman–Crippen LogP) is 6.89. The molecule has 0 saturated carbocycles. The van der Waals surface area contributed by atoms with Gasteiger partial charge in [0.25, 0.3) is 0 Å². The summed E-state index contributed by atoms with van der Waals surface area (Å²) in [4.78, 5) is 0. The van der Waals surface area contributed by atoms with Crippen molar-refractivity contribution >= 4 is 22.6 Å². The Hall–Kier alpha value is 0.487. The molecule has 0 amide bonds. The lowest BCUT2D eigenvalue weighted by Gasteiger charge is -2.36. The minimum atomic E-state index is -1.81. The summed E-state index contributed by atoms with van der Waals surface area (Å²) in [5.74, 6) is 0. The fourth-order valence-corrected chi connectivity index (χ4v) is 5.15. The first-order valence-corrected chi connectivity index (χ1v) is 18.8. The summed E-state index contributed by atoms with van der Waals surface area (Å²) < 4.78 is 28.7. The fourth-order valence-electron chi connectivity index (χ4n) is 2.10. The average molecular weight is 480 g/mol. The summed E-state index contributed by atoms with van der Waals surface area (Å²) in [5.41, 5.74) is 0. The van der Waals surface area contributed by atoms with Gasteiger partial charge >= 0.3 is 0 Å². The molecule has 0 atom stereocenters. The smallest absolute Gasteiger partial charge is 0.191 e. The molecule has 29 heavy (non-hydrogen) atoms. The molecule has 0 aromatic carbocycles. The molecule has 0 aliphatic heterocycles. The highest BCUT2D eigenvalue weighted by Crippen LogP contribution is 2.38. The van der Waals surface area contributed by atoms with Crippen molar-refractivity contribution in [3.8, 4) is 0 Å². The number of aliphatic hydroxyl groups is 1. The van der Waals surface area contributed by atoms with Gasteiger partial charge in [-0.2, -0.15) is 0 Å². The van der Waals surface area contributed by atoms with Gasteiger partial charge in [-0.15, -0.1) is 0 Å². The third kappa shape index (κ3) is 26.5. The summed E-state index contributed by atoms with van der Waals surface area (Å²) in [7, 11) is -5.15. The number of unbranched alkanes of at least 4 members (excludes halogenated alkanes) is 4. The molecule has 5 nitrogen and oxygen atoms in total. The summed E-state index contributed by atoms with van der Waals surface area (Å²) in [6, 6.07) is 0. The van der Waals surface area contributed by atoms with Gasteiger partial charge in [0, 0.05) is 25.5 Å². The molecule has 0 rings (SSSR count). The highest BCUT2D eigenvalue weighted by atomic mass is 31.2.